The number of carbonyl (C=O) groups is 1. The molecule has 1 aromatic rings. The van der Waals surface area contributed by atoms with Crippen LogP contribution in [0.4, 0.5) is 0 Å². The molecule has 90 valence electrons. The van der Waals surface area contributed by atoms with Crippen molar-refractivity contribution in [2.24, 2.45) is 5.73 Å². The van der Waals surface area contributed by atoms with Crippen LogP contribution >= 0.6 is 35.0 Å². The molecule has 0 aromatic carbocycles. The number of amides is 1. The number of piperidine rings is 1. The Kier molecular flexibility index (Phi) is 5.07. The van der Waals surface area contributed by atoms with E-state index in [2.05, 4.69) is 27.6 Å². The molecule has 6 heteroatoms. The highest BCUT2D eigenvalue weighted by molar-refractivity contribution is 14.1. The summed E-state index contributed by atoms with van der Waals surface area (Å²) in [4.78, 5) is 16.8. The maximum atomic E-state index is 12.0. The van der Waals surface area contributed by atoms with E-state index >= 15 is 0 Å². The van der Waals surface area contributed by atoms with Crippen LogP contribution < -0.4 is 5.73 Å². The number of hydrogen-bond acceptors (Lipinski definition) is 2. The number of aromatic amines is 1. The Morgan fingerprint density at radius 3 is 2.94 bits per heavy atom. The number of hydrogen-bond donors (Lipinski definition) is 2. The van der Waals surface area contributed by atoms with Crippen LogP contribution in [0.2, 0.25) is 0 Å². The van der Waals surface area contributed by atoms with E-state index < -0.39 is 0 Å². The van der Waals surface area contributed by atoms with Crippen LogP contribution in [0.3, 0.4) is 0 Å². The summed E-state index contributed by atoms with van der Waals surface area (Å²) in [5, 5.41) is 0. The summed E-state index contributed by atoms with van der Waals surface area (Å²) >= 11 is 2.18. The predicted molar refractivity (Wildman–Crippen MR) is 73.9 cm³/mol. The Balaban J connectivity index is 0.00000128. The maximum Gasteiger partial charge on any atom is 0.270 e. The van der Waals surface area contributed by atoms with Crippen LogP contribution in [0.1, 0.15) is 23.3 Å². The monoisotopic (exact) mass is 355 g/mol. The summed E-state index contributed by atoms with van der Waals surface area (Å²) in [6.07, 6.45) is 3.86. The third kappa shape index (κ3) is 3.11. The highest BCUT2D eigenvalue weighted by atomic mass is 127. The maximum absolute atomic E-state index is 12.0. The quantitative estimate of drug-likeness (QED) is 0.752. The van der Waals surface area contributed by atoms with E-state index in [0.717, 1.165) is 23.0 Å². The molecular weight excluding hydrogens is 340 g/mol. The average molecular weight is 356 g/mol. The van der Waals surface area contributed by atoms with Gasteiger partial charge in [0.05, 0.1) is 0 Å². The SMILES string of the molecule is Cl.NC1CCCN(C(=O)c2cc(I)c[nH]2)C1. The van der Waals surface area contributed by atoms with Crippen LogP contribution in [-0.4, -0.2) is 34.9 Å². The molecule has 16 heavy (non-hydrogen) atoms. The van der Waals surface area contributed by atoms with E-state index in [4.69, 9.17) is 5.73 Å². The second kappa shape index (κ2) is 5.88. The zero-order valence-electron chi connectivity index (χ0n) is 8.78. The highest BCUT2D eigenvalue weighted by Crippen LogP contribution is 2.13. The molecule has 1 aromatic heterocycles. The summed E-state index contributed by atoms with van der Waals surface area (Å²) in [6.45, 7) is 1.50. The van der Waals surface area contributed by atoms with Gasteiger partial charge in [-0.05, 0) is 41.5 Å². The standard InChI is InChI=1S/C10H14IN3O.ClH/c11-7-4-9(13-5-7)10(15)14-3-1-2-8(12)6-14;/h4-5,8,13H,1-3,6,12H2;1H. The van der Waals surface area contributed by atoms with Crippen molar-refractivity contribution in [1.29, 1.82) is 0 Å². The van der Waals surface area contributed by atoms with E-state index in [1.54, 1.807) is 0 Å². The van der Waals surface area contributed by atoms with Crippen LogP contribution in [-0.2, 0) is 0 Å². The van der Waals surface area contributed by atoms with Crippen molar-refractivity contribution in [3.8, 4) is 0 Å². The minimum Gasteiger partial charge on any atom is -0.356 e. The lowest BCUT2D eigenvalue weighted by Gasteiger charge is -2.30. The Bertz CT molecular complexity index is 369. The molecule has 1 aliphatic heterocycles. The van der Waals surface area contributed by atoms with Gasteiger partial charge in [-0.3, -0.25) is 4.79 Å². The molecule has 1 aliphatic rings. The molecule has 1 amide bonds. The molecule has 0 spiro atoms. The van der Waals surface area contributed by atoms with Gasteiger partial charge in [-0.2, -0.15) is 0 Å². The van der Waals surface area contributed by atoms with E-state index in [0.29, 0.717) is 12.2 Å². The largest absolute Gasteiger partial charge is 0.356 e. The van der Waals surface area contributed by atoms with Gasteiger partial charge in [0.15, 0.2) is 0 Å². The predicted octanol–water partition coefficient (Wildman–Crippen LogP) is 1.60. The molecule has 1 saturated heterocycles. The van der Waals surface area contributed by atoms with Crippen molar-refractivity contribution >= 4 is 40.9 Å². The lowest BCUT2D eigenvalue weighted by molar-refractivity contribution is 0.0703. The lowest BCUT2D eigenvalue weighted by atomic mass is 10.1. The molecule has 2 heterocycles. The Morgan fingerprint density at radius 1 is 1.62 bits per heavy atom. The van der Waals surface area contributed by atoms with E-state index in [1.165, 1.54) is 0 Å². The number of nitrogens with two attached hydrogens (primary N) is 1. The van der Waals surface area contributed by atoms with Gasteiger partial charge in [0.25, 0.3) is 5.91 Å². The molecule has 1 atom stereocenters. The third-order valence-corrected chi connectivity index (χ3v) is 3.25. The van der Waals surface area contributed by atoms with Gasteiger partial charge in [-0.25, -0.2) is 0 Å². The first-order valence-corrected chi connectivity index (χ1v) is 6.13. The zero-order valence-corrected chi connectivity index (χ0v) is 11.8. The van der Waals surface area contributed by atoms with Crippen molar-refractivity contribution in [2.75, 3.05) is 13.1 Å². The summed E-state index contributed by atoms with van der Waals surface area (Å²) in [6, 6.07) is 2.00. The average Bonchev–Trinajstić information content (AvgIpc) is 2.64. The third-order valence-electron chi connectivity index (χ3n) is 2.62. The summed E-state index contributed by atoms with van der Waals surface area (Å²) in [5.41, 5.74) is 6.50. The smallest absolute Gasteiger partial charge is 0.270 e. The topological polar surface area (TPSA) is 62.1 Å². The van der Waals surface area contributed by atoms with Gasteiger partial charge >= 0.3 is 0 Å². The number of nitrogens with one attached hydrogen (secondary N) is 1. The van der Waals surface area contributed by atoms with Gasteiger partial charge in [0.2, 0.25) is 0 Å². The summed E-state index contributed by atoms with van der Waals surface area (Å²) in [7, 11) is 0. The zero-order chi connectivity index (χ0) is 10.8. The fraction of sp³-hybridized carbons (Fsp3) is 0.500. The van der Waals surface area contributed by atoms with E-state index in [-0.39, 0.29) is 24.4 Å². The molecule has 0 radical (unpaired) electrons. The van der Waals surface area contributed by atoms with E-state index in [1.807, 2.05) is 17.2 Å². The molecular formula is C10H15ClIN3O. The molecule has 0 saturated carbocycles. The Labute approximate surface area is 115 Å². The van der Waals surface area contributed by atoms with Crippen LogP contribution in [0.25, 0.3) is 0 Å². The molecule has 3 N–H and O–H groups in total. The van der Waals surface area contributed by atoms with Crippen LogP contribution in [0, 0.1) is 3.57 Å². The Hall–Kier alpha value is -0.270. The number of aromatic nitrogens is 1. The molecule has 2 rings (SSSR count). The van der Waals surface area contributed by atoms with Crippen molar-refractivity contribution in [2.45, 2.75) is 18.9 Å². The lowest BCUT2D eigenvalue weighted by Crippen LogP contribution is -2.45. The number of H-pyrrole nitrogens is 1. The fourth-order valence-electron chi connectivity index (χ4n) is 1.86. The molecule has 0 aliphatic carbocycles. The first-order chi connectivity index (χ1) is 7.16. The fourth-order valence-corrected chi connectivity index (χ4v) is 2.32. The molecule has 0 bridgehead atoms. The first kappa shape index (κ1) is 13.8. The van der Waals surface area contributed by atoms with Crippen LogP contribution in [0.15, 0.2) is 12.3 Å². The number of carbonyl (C=O) groups excluding carboxylic acids is 1. The molecule has 1 unspecified atom stereocenters. The Morgan fingerprint density at radius 2 is 2.38 bits per heavy atom. The van der Waals surface area contributed by atoms with Gasteiger partial charge in [-0.1, -0.05) is 0 Å². The summed E-state index contributed by atoms with van der Waals surface area (Å²) in [5.74, 6) is 0.0630. The highest BCUT2D eigenvalue weighted by Gasteiger charge is 2.22. The second-order valence-corrected chi connectivity index (χ2v) is 5.13. The van der Waals surface area contributed by atoms with Crippen molar-refractivity contribution < 1.29 is 4.79 Å². The minimum absolute atomic E-state index is 0. The number of likely N-dealkylation sites (tertiary alicyclic amines) is 1. The number of halogens is 2. The summed E-state index contributed by atoms with van der Waals surface area (Å²) < 4.78 is 1.05. The first-order valence-electron chi connectivity index (χ1n) is 5.05. The van der Waals surface area contributed by atoms with Gasteiger partial charge in [0, 0.05) is 28.9 Å². The van der Waals surface area contributed by atoms with E-state index in [9.17, 15) is 4.79 Å². The number of nitrogens with zero attached hydrogens (tertiary/aromatic N) is 1. The van der Waals surface area contributed by atoms with Crippen molar-refractivity contribution in [1.82, 2.24) is 9.88 Å². The normalized spacial score (nSPS) is 20.4. The minimum atomic E-state index is 0. The molecule has 1 fully saturated rings. The van der Waals surface area contributed by atoms with Gasteiger partial charge in [0.1, 0.15) is 5.69 Å². The number of rotatable bonds is 1. The van der Waals surface area contributed by atoms with Crippen LogP contribution in [0.5, 0.6) is 0 Å². The van der Waals surface area contributed by atoms with Crippen molar-refractivity contribution in [3.63, 3.8) is 0 Å². The van der Waals surface area contributed by atoms with Gasteiger partial charge < -0.3 is 15.6 Å². The van der Waals surface area contributed by atoms with Gasteiger partial charge in [-0.15, -0.1) is 12.4 Å². The molecule has 4 nitrogen and oxygen atoms in total. The second-order valence-electron chi connectivity index (χ2n) is 3.89. The van der Waals surface area contributed by atoms with Crippen molar-refractivity contribution in [3.05, 3.63) is 21.5 Å².